The monoisotopic (exact) mass is 478 g/mol. The van der Waals surface area contributed by atoms with Gasteiger partial charge in [0.05, 0.1) is 11.8 Å². The maximum absolute atomic E-state index is 12.8. The van der Waals surface area contributed by atoms with Crippen molar-refractivity contribution in [3.8, 4) is 0 Å². The number of hydrogen-bond donors (Lipinski definition) is 4. The molecule has 3 rings (SSSR count). The van der Waals surface area contributed by atoms with E-state index in [4.69, 9.17) is 9.07 Å². The molecule has 2 amide bonds. The lowest BCUT2D eigenvalue weighted by atomic mass is 10.1. The van der Waals surface area contributed by atoms with E-state index < -0.39 is 43.0 Å². The summed E-state index contributed by atoms with van der Waals surface area (Å²) in [4.78, 5) is 25.0. The van der Waals surface area contributed by atoms with Crippen LogP contribution in [0.5, 0.6) is 0 Å². The van der Waals surface area contributed by atoms with Crippen molar-refractivity contribution in [2.75, 3.05) is 0 Å². The summed E-state index contributed by atoms with van der Waals surface area (Å²) in [6, 6.07) is 11.6. The zero-order valence-corrected chi connectivity index (χ0v) is 18.0. The van der Waals surface area contributed by atoms with E-state index in [0.717, 1.165) is 17.5 Å². The molecule has 0 aliphatic rings. The number of hydrogen-bond acceptors (Lipinski definition) is 6. The Morgan fingerprint density at radius 2 is 1.85 bits per heavy atom. The second kappa shape index (κ2) is 10.7. The zero-order chi connectivity index (χ0) is 24.9. The Balaban J connectivity index is 1.61. The third kappa shape index (κ3) is 6.59. The molecular formula is C22H22BF3N2O6. The first-order valence-electron chi connectivity index (χ1n) is 10.3. The zero-order valence-electron chi connectivity index (χ0n) is 18.0. The van der Waals surface area contributed by atoms with Crippen LogP contribution in [0.1, 0.15) is 23.6 Å². The minimum absolute atomic E-state index is 0.0128. The van der Waals surface area contributed by atoms with Crippen LogP contribution in [0.2, 0.25) is 0 Å². The second-order valence-corrected chi connectivity index (χ2v) is 7.56. The van der Waals surface area contributed by atoms with Gasteiger partial charge in [-0.2, -0.15) is 13.2 Å². The summed E-state index contributed by atoms with van der Waals surface area (Å²) in [6.45, 7) is 1.09. The van der Waals surface area contributed by atoms with Gasteiger partial charge in [0.2, 0.25) is 11.8 Å². The van der Waals surface area contributed by atoms with Gasteiger partial charge in [-0.05, 0) is 30.7 Å². The van der Waals surface area contributed by atoms with Crippen LogP contribution >= 0.6 is 0 Å². The van der Waals surface area contributed by atoms with Crippen LogP contribution in [0.4, 0.5) is 13.2 Å². The molecule has 1 unspecified atom stereocenters. The van der Waals surface area contributed by atoms with E-state index in [-0.39, 0.29) is 18.5 Å². The highest BCUT2D eigenvalue weighted by molar-refractivity contribution is 6.32. The molecule has 0 aliphatic heterocycles. The predicted octanol–water partition coefficient (Wildman–Crippen LogP) is 2.38. The quantitative estimate of drug-likeness (QED) is 0.213. The number of para-hydroxylation sites is 1. The maximum atomic E-state index is 12.8. The van der Waals surface area contributed by atoms with Crippen LogP contribution in [0, 0.1) is 5.92 Å². The Morgan fingerprint density at radius 3 is 2.56 bits per heavy atom. The molecule has 0 fully saturated rings. The first-order chi connectivity index (χ1) is 16.0. The van der Waals surface area contributed by atoms with E-state index in [1.807, 2.05) is 0 Å². The predicted molar refractivity (Wildman–Crippen MR) is 116 cm³/mol. The van der Waals surface area contributed by atoms with Crippen LogP contribution < -0.4 is 10.6 Å². The molecule has 4 N–H and O–H groups in total. The maximum Gasteiger partial charge on any atom is 0.635 e. The SMILES string of the molecule is CC(C(=O)NCc1cccc(C(F)(F)F)c1)C(=O)N[C@@H](Cc1coc2ccccc12)OB(O)O. The van der Waals surface area contributed by atoms with E-state index in [2.05, 4.69) is 10.6 Å². The van der Waals surface area contributed by atoms with Gasteiger partial charge >= 0.3 is 13.5 Å². The Kier molecular flexibility index (Phi) is 7.97. The molecule has 2 aromatic carbocycles. The normalized spacial score (nSPS) is 13.4. The van der Waals surface area contributed by atoms with Crippen LogP contribution in [0.15, 0.2) is 59.2 Å². The Morgan fingerprint density at radius 1 is 1.12 bits per heavy atom. The van der Waals surface area contributed by atoms with Crippen molar-refractivity contribution in [3.05, 3.63) is 71.5 Å². The third-order valence-corrected chi connectivity index (χ3v) is 5.06. The highest BCUT2D eigenvalue weighted by atomic mass is 19.4. The molecule has 2 atom stereocenters. The molecule has 1 aromatic heterocycles. The van der Waals surface area contributed by atoms with Crippen molar-refractivity contribution in [1.29, 1.82) is 0 Å². The van der Waals surface area contributed by atoms with E-state index in [0.29, 0.717) is 11.1 Å². The number of nitrogens with one attached hydrogen (secondary N) is 2. The molecule has 12 heteroatoms. The van der Waals surface area contributed by atoms with Crippen LogP contribution in [-0.2, 0) is 33.4 Å². The number of benzene rings is 2. The fourth-order valence-electron chi connectivity index (χ4n) is 3.27. The molecule has 1 heterocycles. The number of fused-ring (bicyclic) bond motifs is 1. The van der Waals surface area contributed by atoms with Gasteiger partial charge in [-0.1, -0.05) is 30.3 Å². The lowest BCUT2D eigenvalue weighted by Crippen LogP contribution is -2.47. The van der Waals surface area contributed by atoms with Gasteiger partial charge in [0.15, 0.2) is 0 Å². The van der Waals surface area contributed by atoms with E-state index >= 15 is 0 Å². The topological polar surface area (TPSA) is 121 Å². The summed E-state index contributed by atoms with van der Waals surface area (Å²) in [6.07, 6.45) is -4.26. The van der Waals surface area contributed by atoms with Gasteiger partial charge in [0, 0.05) is 23.9 Å². The molecule has 0 aliphatic carbocycles. The summed E-state index contributed by atoms with van der Waals surface area (Å²) in [5.41, 5.74) is 0.587. The Hall–Kier alpha value is -3.35. The van der Waals surface area contributed by atoms with E-state index in [1.165, 1.54) is 25.3 Å². The highest BCUT2D eigenvalue weighted by Crippen LogP contribution is 2.29. The van der Waals surface area contributed by atoms with Crippen molar-refractivity contribution in [1.82, 2.24) is 10.6 Å². The largest absolute Gasteiger partial charge is 0.635 e. The second-order valence-electron chi connectivity index (χ2n) is 7.56. The first kappa shape index (κ1) is 25.3. The summed E-state index contributed by atoms with van der Waals surface area (Å²) in [7, 11) is -2.19. The lowest BCUT2D eigenvalue weighted by Gasteiger charge is -2.21. The summed E-state index contributed by atoms with van der Waals surface area (Å²) < 4.78 is 48.9. The smallest absolute Gasteiger partial charge is 0.464 e. The lowest BCUT2D eigenvalue weighted by molar-refractivity contribution is -0.138. The van der Waals surface area contributed by atoms with Crippen molar-refractivity contribution in [2.24, 2.45) is 5.92 Å². The van der Waals surface area contributed by atoms with Crippen molar-refractivity contribution < 1.29 is 41.9 Å². The fourth-order valence-corrected chi connectivity index (χ4v) is 3.27. The molecule has 0 bridgehead atoms. The molecule has 3 aromatic rings. The number of carbonyl (C=O) groups is 2. The van der Waals surface area contributed by atoms with E-state index in [1.54, 1.807) is 24.3 Å². The third-order valence-electron chi connectivity index (χ3n) is 5.06. The van der Waals surface area contributed by atoms with Gasteiger partial charge in [0.25, 0.3) is 0 Å². The van der Waals surface area contributed by atoms with Crippen molar-refractivity contribution in [3.63, 3.8) is 0 Å². The molecule has 34 heavy (non-hydrogen) atoms. The standard InChI is InChI=1S/C22H22BF3N2O6/c1-13(20(29)27-11-14-5-4-6-16(9-14)22(24,25)26)21(30)28-19(34-23(31)32)10-15-12-33-18-8-3-2-7-17(15)18/h2-9,12-13,19,31-32H,10-11H2,1H3,(H,27,29)(H,28,30)/t13?,19-/m1/s1. The minimum atomic E-state index is -4.51. The summed E-state index contributed by atoms with van der Waals surface area (Å²) in [5, 5.41) is 24.0. The van der Waals surface area contributed by atoms with Crippen LogP contribution in [0.25, 0.3) is 11.0 Å². The molecule has 0 radical (unpaired) electrons. The number of alkyl halides is 3. The summed E-state index contributed by atoms with van der Waals surface area (Å²) >= 11 is 0. The Bertz CT molecular complexity index is 1150. The van der Waals surface area contributed by atoms with E-state index in [9.17, 15) is 32.8 Å². The number of halogens is 3. The number of carbonyl (C=O) groups excluding carboxylic acids is 2. The van der Waals surface area contributed by atoms with Gasteiger partial charge in [-0.15, -0.1) is 0 Å². The molecule has 0 spiro atoms. The highest BCUT2D eigenvalue weighted by Gasteiger charge is 2.31. The fraction of sp³-hybridized carbons (Fsp3) is 0.273. The average Bonchev–Trinajstić information content (AvgIpc) is 3.19. The molecule has 0 saturated carbocycles. The number of amides is 2. The Labute approximate surface area is 192 Å². The average molecular weight is 478 g/mol. The van der Waals surface area contributed by atoms with Gasteiger partial charge in [0.1, 0.15) is 17.7 Å². The molecular weight excluding hydrogens is 456 g/mol. The van der Waals surface area contributed by atoms with Crippen LogP contribution in [-0.4, -0.2) is 35.4 Å². The van der Waals surface area contributed by atoms with Crippen LogP contribution in [0.3, 0.4) is 0 Å². The summed E-state index contributed by atoms with van der Waals surface area (Å²) in [5.74, 6) is -2.75. The van der Waals surface area contributed by atoms with Crippen molar-refractivity contribution in [2.45, 2.75) is 32.3 Å². The molecule has 8 nitrogen and oxygen atoms in total. The molecule has 0 saturated heterocycles. The van der Waals surface area contributed by atoms with Gasteiger partial charge in [-0.25, -0.2) is 0 Å². The van der Waals surface area contributed by atoms with Gasteiger partial charge in [-0.3, -0.25) is 9.59 Å². The first-order valence-corrected chi connectivity index (χ1v) is 10.3. The number of rotatable bonds is 9. The minimum Gasteiger partial charge on any atom is -0.464 e. The molecule has 180 valence electrons. The van der Waals surface area contributed by atoms with Crippen molar-refractivity contribution >= 4 is 30.1 Å². The number of furan rings is 1. The van der Waals surface area contributed by atoms with Gasteiger partial charge < -0.3 is 29.8 Å².